The summed E-state index contributed by atoms with van der Waals surface area (Å²) < 4.78 is 11.6. The van der Waals surface area contributed by atoms with Gasteiger partial charge in [-0.15, -0.1) is 0 Å². The van der Waals surface area contributed by atoms with Crippen molar-refractivity contribution in [2.45, 2.75) is 122 Å². The first-order chi connectivity index (χ1) is 19.9. The van der Waals surface area contributed by atoms with Crippen molar-refractivity contribution in [1.82, 2.24) is 10.6 Å². The van der Waals surface area contributed by atoms with Crippen molar-refractivity contribution >= 4 is 23.8 Å². The summed E-state index contributed by atoms with van der Waals surface area (Å²) in [5, 5.41) is 16.2. The van der Waals surface area contributed by atoms with Crippen LogP contribution in [-0.4, -0.2) is 92.9 Å². The number of carbonyl (C=O) groups is 4. The van der Waals surface area contributed by atoms with Gasteiger partial charge in [0.05, 0.1) is 27.2 Å². The van der Waals surface area contributed by atoms with E-state index in [0.717, 1.165) is 64.3 Å². The van der Waals surface area contributed by atoms with Gasteiger partial charge < -0.3 is 29.7 Å². The van der Waals surface area contributed by atoms with Gasteiger partial charge in [0.15, 0.2) is 0 Å². The number of carbonyl (C=O) groups excluding carboxylic acids is 4. The normalized spacial score (nSPS) is 13.0. The Hall–Kier alpha value is -2.46. The quantitative estimate of drug-likeness (QED) is 0.0589. The van der Waals surface area contributed by atoms with E-state index in [1.165, 1.54) is 6.92 Å². The molecule has 2 atom stereocenters. The Morgan fingerprint density at radius 3 is 2.17 bits per heavy atom. The fourth-order valence-corrected chi connectivity index (χ4v) is 4.15. The smallest absolute Gasteiger partial charge is 0.306 e. The van der Waals surface area contributed by atoms with Gasteiger partial charge in [-0.2, -0.15) is 0 Å². The Balaban J connectivity index is 4.15. The van der Waals surface area contributed by atoms with Crippen LogP contribution in [-0.2, 0) is 28.7 Å². The summed E-state index contributed by atoms with van der Waals surface area (Å²) in [6.07, 6.45) is 13.9. The topological polar surface area (TPSA) is 131 Å². The number of hydrogen-bond acceptors (Lipinski definition) is 7. The van der Waals surface area contributed by atoms with Gasteiger partial charge in [0.1, 0.15) is 19.3 Å². The number of aliphatic hydroxyl groups excluding tert-OH is 1. The number of allylic oxidation sites excluding steroid dienone is 1. The maximum absolute atomic E-state index is 12.4. The van der Waals surface area contributed by atoms with Crippen molar-refractivity contribution in [1.29, 1.82) is 0 Å². The largest absolute Gasteiger partial charge is 0.460 e. The van der Waals surface area contributed by atoms with Crippen molar-refractivity contribution in [3.8, 4) is 0 Å². The fraction of sp³-hybridized carbons (Fsp3) is 0.812. The van der Waals surface area contributed by atoms with Crippen LogP contribution in [0, 0.1) is 0 Å². The van der Waals surface area contributed by atoms with Crippen molar-refractivity contribution in [2.24, 2.45) is 0 Å². The summed E-state index contributed by atoms with van der Waals surface area (Å²) >= 11 is 0. The first kappa shape index (κ1) is 39.5. The van der Waals surface area contributed by atoms with Gasteiger partial charge in [-0.25, -0.2) is 0 Å². The van der Waals surface area contributed by atoms with E-state index < -0.39 is 12.2 Å². The number of rotatable bonds is 26. The minimum atomic E-state index is -0.757. The molecule has 0 aromatic carbocycles. The number of likely N-dealkylation sites (N-methyl/N-ethyl adjacent to an activating group) is 1. The van der Waals surface area contributed by atoms with E-state index in [0.29, 0.717) is 49.9 Å². The van der Waals surface area contributed by atoms with Crippen LogP contribution in [0.25, 0.3) is 0 Å². The highest BCUT2D eigenvalue weighted by Crippen LogP contribution is 2.16. The third kappa shape index (κ3) is 26.4. The van der Waals surface area contributed by atoms with Gasteiger partial charge in [-0.3, -0.25) is 19.2 Å². The average molecular weight is 599 g/mol. The van der Waals surface area contributed by atoms with Crippen LogP contribution in [0.4, 0.5) is 0 Å². The van der Waals surface area contributed by atoms with Crippen molar-refractivity contribution in [3.63, 3.8) is 0 Å². The molecule has 0 saturated carbocycles. The predicted molar refractivity (Wildman–Crippen MR) is 166 cm³/mol. The molecule has 3 N–H and O–H groups in total. The molecule has 0 aliphatic carbocycles. The molecule has 2 amide bonds. The molecule has 0 aliphatic rings. The number of ether oxygens (including phenoxy) is 2. The first-order valence-corrected chi connectivity index (χ1v) is 15.9. The monoisotopic (exact) mass is 598 g/mol. The molecule has 0 aromatic rings. The number of hydrogen-bond donors (Lipinski definition) is 3. The van der Waals surface area contributed by atoms with Crippen LogP contribution in [0.15, 0.2) is 12.2 Å². The molecule has 0 spiro atoms. The van der Waals surface area contributed by atoms with E-state index in [9.17, 15) is 24.3 Å². The van der Waals surface area contributed by atoms with Crippen molar-refractivity contribution in [2.75, 3.05) is 47.4 Å². The van der Waals surface area contributed by atoms with Gasteiger partial charge in [0, 0.05) is 39.3 Å². The van der Waals surface area contributed by atoms with Crippen LogP contribution >= 0.6 is 0 Å². The number of nitrogens with one attached hydrogen (secondary N) is 2. The lowest BCUT2D eigenvalue weighted by molar-refractivity contribution is -0.870. The Morgan fingerprint density at radius 1 is 0.810 bits per heavy atom. The minimum absolute atomic E-state index is 0.0202. The molecule has 244 valence electrons. The number of nitrogens with zero attached hydrogens (tertiary/aromatic N) is 1. The lowest BCUT2D eigenvalue weighted by atomic mass is 10.0. The molecule has 0 radical (unpaired) electrons. The number of amides is 2. The third-order valence-corrected chi connectivity index (χ3v) is 6.73. The zero-order chi connectivity index (χ0) is 31.6. The molecule has 0 rings (SSSR count). The molecule has 0 heterocycles. The van der Waals surface area contributed by atoms with Crippen LogP contribution in [0.2, 0.25) is 0 Å². The summed E-state index contributed by atoms with van der Waals surface area (Å²) in [7, 11) is 6.09. The number of unbranched alkanes of at least 4 members (excludes halogenated alkanes) is 7. The molecule has 0 saturated heterocycles. The summed E-state index contributed by atoms with van der Waals surface area (Å²) in [6.45, 7) is 5.55. The zero-order valence-corrected chi connectivity index (χ0v) is 27.1. The van der Waals surface area contributed by atoms with Gasteiger partial charge in [0.25, 0.3) is 0 Å². The molecule has 10 nitrogen and oxygen atoms in total. The maximum atomic E-state index is 12.4. The molecule has 42 heavy (non-hydrogen) atoms. The molecule has 0 aromatic heterocycles. The Kier molecular flexibility index (Phi) is 23.6. The summed E-state index contributed by atoms with van der Waals surface area (Å²) in [5.41, 5.74) is 0. The van der Waals surface area contributed by atoms with Gasteiger partial charge in [-0.05, 0) is 44.9 Å². The van der Waals surface area contributed by atoms with E-state index in [1.54, 1.807) is 0 Å². The second kappa shape index (κ2) is 25.1. The summed E-state index contributed by atoms with van der Waals surface area (Å²) in [5.74, 6) is -0.772. The molecule has 2 unspecified atom stereocenters. The predicted octanol–water partition coefficient (Wildman–Crippen LogP) is 4.19. The number of esters is 2. The Bertz CT molecular complexity index is 781. The molecule has 10 heteroatoms. The second-order valence-corrected chi connectivity index (χ2v) is 12.0. The number of aliphatic hydroxyl groups is 1. The SMILES string of the molecule is CCCCCC(OC(=O)CCCC(=O)OCC[N+](C)(C)C)C(O)CC=CCCCCCCCC(=O)NCCNC(C)=O. The first-order valence-electron chi connectivity index (χ1n) is 15.9. The maximum Gasteiger partial charge on any atom is 0.306 e. The van der Waals surface area contributed by atoms with Crippen LogP contribution in [0.1, 0.15) is 110 Å². The summed E-state index contributed by atoms with van der Waals surface area (Å²) in [6, 6.07) is 0. The highest BCUT2D eigenvalue weighted by Gasteiger charge is 2.22. The van der Waals surface area contributed by atoms with E-state index in [-0.39, 0.29) is 36.6 Å². The molecule has 0 bridgehead atoms. The van der Waals surface area contributed by atoms with Gasteiger partial charge in [0.2, 0.25) is 11.8 Å². The molecule has 0 aliphatic heterocycles. The molecular weight excluding hydrogens is 538 g/mol. The fourth-order valence-electron chi connectivity index (χ4n) is 4.15. The van der Waals surface area contributed by atoms with Crippen LogP contribution in [0.3, 0.4) is 0 Å². The molecular formula is C32H60N3O7+. The van der Waals surface area contributed by atoms with Crippen LogP contribution in [0.5, 0.6) is 0 Å². The highest BCUT2D eigenvalue weighted by atomic mass is 16.6. The van der Waals surface area contributed by atoms with Crippen molar-refractivity contribution < 1.29 is 38.2 Å². The standard InChI is InChI=1S/C32H59N3O7/c1-6-7-14-19-29(42-32(40)22-17-21-31(39)41-26-25-35(3,4)5)28(37)18-15-12-10-8-9-11-13-16-20-30(38)34-24-23-33-27(2)36/h12,15,28-29,37H,6-11,13-14,16-26H2,1-5H3,(H-,33,34,36,38)/p+1. The lowest BCUT2D eigenvalue weighted by Crippen LogP contribution is -2.38. The van der Waals surface area contributed by atoms with E-state index in [2.05, 4.69) is 23.6 Å². The van der Waals surface area contributed by atoms with Crippen LogP contribution < -0.4 is 10.6 Å². The minimum Gasteiger partial charge on any atom is -0.460 e. The van der Waals surface area contributed by atoms with E-state index in [1.807, 2.05) is 27.2 Å². The molecule has 0 fully saturated rings. The highest BCUT2D eigenvalue weighted by molar-refractivity contribution is 5.76. The lowest BCUT2D eigenvalue weighted by Gasteiger charge is -2.23. The second-order valence-electron chi connectivity index (χ2n) is 12.0. The zero-order valence-electron chi connectivity index (χ0n) is 27.1. The number of quaternary nitrogens is 1. The van der Waals surface area contributed by atoms with E-state index in [4.69, 9.17) is 9.47 Å². The van der Waals surface area contributed by atoms with Gasteiger partial charge >= 0.3 is 11.9 Å². The third-order valence-electron chi connectivity index (χ3n) is 6.73. The van der Waals surface area contributed by atoms with Gasteiger partial charge in [-0.1, -0.05) is 51.2 Å². The summed E-state index contributed by atoms with van der Waals surface area (Å²) in [4.78, 5) is 46.9. The van der Waals surface area contributed by atoms with E-state index >= 15 is 0 Å². The Labute approximate surface area is 254 Å². The van der Waals surface area contributed by atoms with Crippen molar-refractivity contribution in [3.05, 3.63) is 12.2 Å². The average Bonchev–Trinajstić information content (AvgIpc) is 2.90. The Morgan fingerprint density at radius 2 is 1.48 bits per heavy atom.